The predicted molar refractivity (Wildman–Crippen MR) is 125 cm³/mol. The molecule has 4 rings (SSSR count). The van der Waals surface area contributed by atoms with E-state index in [-0.39, 0.29) is 5.91 Å². The number of carbonyl (C=O) groups is 2. The molecule has 2 aromatic heterocycles. The fourth-order valence-electron chi connectivity index (χ4n) is 4.34. The highest BCUT2D eigenvalue weighted by atomic mass is 16.5. The number of hydrogen-bond acceptors (Lipinski definition) is 4. The van der Waals surface area contributed by atoms with E-state index in [9.17, 15) is 9.59 Å². The minimum atomic E-state index is -0.822. The lowest BCUT2D eigenvalue weighted by atomic mass is 10.0. The van der Waals surface area contributed by atoms with Gasteiger partial charge in [-0.2, -0.15) is 0 Å². The van der Waals surface area contributed by atoms with E-state index >= 15 is 0 Å². The molecule has 2 heterocycles. The number of amides is 1. The summed E-state index contributed by atoms with van der Waals surface area (Å²) in [6, 6.07) is 14.3. The van der Waals surface area contributed by atoms with Crippen LogP contribution in [0.15, 0.2) is 60.9 Å². The van der Waals surface area contributed by atoms with Gasteiger partial charge in [0.05, 0.1) is 13.2 Å². The molecule has 0 radical (unpaired) electrons. The van der Waals surface area contributed by atoms with Crippen LogP contribution >= 0.6 is 0 Å². The van der Waals surface area contributed by atoms with Crippen molar-refractivity contribution in [2.45, 2.75) is 24.9 Å². The van der Waals surface area contributed by atoms with E-state index in [2.05, 4.69) is 5.32 Å². The van der Waals surface area contributed by atoms with E-state index < -0.39 is 18.1 Å². The number of nitrogens with one attached hydrogen (secondary N) is 1. The summed E-state index contributed by atoms with van der Waals surface area (Å²) in [5.74, 6) is -0.878. The van der Waals surface area contributed by atoms with Gasteiger partial charge in [0.2, 0.25) is 5.91 Å². The number of benzene rings is 2. The van der Waals surface area contributed by atoms with Crippen LogP contribution < -0.4 is 11.1 Å². The first-order valence-corrected chi connectivity index (χ1v) is 10.6. The second-order valence-corrected chi connectivity index (χ2v) is 8.16. The van der Waals surface area contributed by atoms with Crippen LogP contribution in [0.4, 0.5) is 0 Å². The molecule has 4 aromatic rings. The van der Waals surface area contributed by atoms with Crippen LogP contribution in [-0.4, -0.2) is 40.2 Å². The maximum absolute atomic E-state index is 12.9. The molecular weight excluding hydrogens is 404 g/mol. The van der Waals surface area contributed by atoms with Crippen molar-refractivity contribution in [3.63, 3.8) is 0 Å². The highest BCUT2D eigenvalue weighted by molar-refractivity contribution is 5.90. The van der Waals surface area contributed by atoms with Gasteiger partial charge >= 0.3 is 5.97 Å². The summed E-state index contributed by atoms with van der Waals surface area (Å²) in [4.78, 5) is 25.4. The van der Waals surface area contributed by atoms with E-state index in [0.29, 0.717) is 12.8 Å². The van der Waals surface area contributed by atoms with Crippen molar-refractivity contribution in [3.8, 4) is 0 Å². The van der Waals surface area contributed by atoms with Gasteiger partial charge in [-0.1, -0.05) is 36.4 Å². The zero-order chi connectivity index (χ0) is 22.8. The van der Waals surface area contributed by atoms with Crippen LogP contribution in [0.1, 0.15) is 11.1 Å². The van der Waals surface area contributed by atoms with Crippen LogP contribution in [0.25, 0.3) is 21.8 Å². The fraction of sp³-hybridized carbons (Fsp3) is 0.280. The van der Waals surface area contributed by atoms with E-state index in [4.69, 9.17) is 10.5 Å². The van der Waals surface area contributed by atoms with Crippen LogP contribution in [0.5, 0.6) is 0 Å². The van der Waals surface area contributed by atoms with Gasteiger partial charge in [0.25, 0.3) is 0 Å². The second kappa shape index (κ2) is 8.88. The summed E-state index contributed by atoms with van der Waals surface area (Å²) < 4.78 is 8.99. The largest absolute Gasteiger partial charge is 0.467 e. The molecule has 0 fully saturated rings. The van der Waals surface area contributed by atoms with Crippen molar-refractivity contribution in [1.82, 2.24) is 14.5 Å². The first kappa shape index (κ1) is 21.6. The molecule has 1 amide bonds. The molecule has 7 heteroatoms. The number of esters is 1. The molecule has 3 N–H and O–H groups in total. The van der Waals surface area contributed by atoms with Crippen LogP contribution in [0, 0.1) is 0 Å². The van der Waals surface area contributed by atoms with Crippen LogP contribution in [0.3, 0.4) is 0 Å². The molecule has 0 spiro atoms. The zero-order valence-corrected chi connectivity index (χ0v) is 18.5. The number of aryl methyl sites for hydroxylation is 2. The van der Waals surface area contributed by atoms with E-state index in [0.717, 1.165) is 32.9 Å². The van der Waals surface area contributed by atoms with Gasteiger partial charge in [0.15, 0.2) is 0 Å². The molecule has 0 saturated carbocycles. The van der Waals surface area contributed by atoms with Crippen molar-refractivity contribution in [3.05, 3.63) is 72.1 Å². The molecule has 2 aromatic carbocycles. The molecule has 0 unspecified atom stereocenters. The number of para-hydroxylation sites is 2. The molecule has 0 aliphatic rings. The highest BCUT2D eigenvalue weighted by Gasteiger charge is 2.26. The predicted octanol–water partition coefficient (Wildman–Crippen LogP) is 2.44. The average molecular weight is 433 g/mol. The number of hydrogen-bond donors (Lipinski definition) is 2. The van der Waals surface area contributed by atoms with Gasteiger partial charge in [-0.15, -0.1) is 0 Å². The number of fused-ring (bicyclic) bond motifs is 2. The highest BCUT2D eigenvalue weighted by Crippen LogP contribution is 2.23. The van der Waals surface area contributed by atoms with E-state index in [1.165, 1.54) is 7.11 Å². The van der Waals surface area contributed by atoms with Crippen molar-refractivity contribution >= 4 is 33.7 Å². The van der Waals surface area contributed by atoms with Gasteiger partial charge in [-0.25, -0.2) is 4.79 Å². The Morgan fingerprint density at radius 3 is 1.94 bits per heavy atom. The number of nitrogens with two attached hydrogens (primary N) is 1. The van der Waals surface area contributed by atoms with Crippen molar-refractivity contribution in [1.29, 1.82) is 0 Å². The third-order valence-electron chi connectivity index (χ3n) is 5.96. The Kier molecular flexibility index (Phi) is 6.01. The van der Waals surface area contributed by atoms with Crippen molar-refractivity contribution in [2.24, 2.45) is 19.8 Å². The number of methoxy groups -OCH3 is 1. The monoisotopic (exact) mass is 432 g/mol. The third kappa shape index (κ3) is 4.11. The molecule has 0 aliphatic heterocycles. The first-order chi connectivity index (χ1) is 15.4. The third-order valence-corrected chi connectivity index (χ3v) is 5.96. The van der Waals surface area contributed by atoms with Gasteiger partial charge in [0.1, 0.15) is 6.04 Å². The number of aromatic nitrogens is 2. The Labute approximate surface area is 186 Å². The Hall–Kier alpha value is -3.58. The van der Waals surface area contributed by atoms with Crippen LogP contribution in [0.2, 0.25) is 0 Å². The number of ether oxygens (including phenoxy) is 1. The second-order valence-electron chi connectivity index (χ2n) is 8.16. The lowest BCUT2D eigenvalue weighted by Gasteiger charge is -2.19. The summed E-state index contributed by atoms with van der Waals surface area (Å²) in [6.45, 7) is 0. The Balaban J connectivity index is 1.52. The Bertz CT molecular complexity index is 1290. The molecule has 7 nitrogen and oxygen atoms in total. The molecule has 32 heavy (non-hydrogen) atoms. The standard InChI is InChI=1S/C25H28N4O3/c1-28-14-16(18-8-4-6-10-22(18)28)12-20(26)24(30)27-21(25(31)32-3)13-17-15-29(2)23-11-7-5-9-19(17)23/h4-11,14-15,20-21H,12-13,26H2,1-3H3,(H,27,30)/t20-,21-/m0/s1. The topological polar surface area (TPSA) is 91.3 Å². The maximum atomic E-state index is 12.9. The fourth-order valence-corrected chi connectivity index (χ4v) is 4.34. The normalized spacial score (nSPS) is 13.2. The molecular formula is C25H28N4O3. The zero-order valence-electron chi connectivity index (χ0n) is 18.5. The Morgan fingerprint density at radius 1 is 0.906 bits per heavy atom. The first-order valence-electron chi connectivity index (χ1n) is 10.6. The van der Waals surface area contributed by atoms with Gasteiger partial charge in [-0.05, 0) is 29.7 Å². The molecule has 166 valence electrons. The minimum absolute atomic E-state index is 0.320. The lowest BCUT2D eigenvalue weighted by molar-refractivity contribution is -0.145. The lowest BCUT2D eigenvalue weighted by Crippen LogP contribution is -2.50. The van der Waals surface area contributed by atoms with Gasteiger partial charge in [0, 0.05) is 54.7 Å². The molecule has 0 saturated heterocycles. The number of rotatable bonds is 7. The van der Waals surface area contributed by atoms with Crippen LogP contribution in [-0.2, 0) is 41.3 Å². The van der Waals surface area contributed by atoms with E-state index in [1.807, 2.05) is 84.2 Å². The van der Waals surface area contributed by atoms with Crippen molar-refractivity contribution in [2.75, 3.05) is 7.11 Å². The smallest absolute Gasteiger partial charge is 0.328 e. The molecule has 0 bridgehead atoms. The quantitative estimate of drug-likeness (QED) is 0.439. The summed E-state index contributed by atoms with van der Waals surface area (Å²) in [5, 5.41) is 4.92. The van der Waals surface area contributed by atoms with Crippen molar-refractivity contribution < 1.29 is 14.3 Å². The minimum Gasteiger partial charge on any atom is -0.467 e. The summed E-state index contributed by atoms with van der Waals surface area (Å²) in [7, 11) is 5.24. The summed E-state index contributed by atoms with van der Waals surface area (Å²) >= 11 is 0. The Morgan fingerprint density at radius 2 is 1.41 bits per heavy atom. The average Bonchev–Trinajstić information content (AvgIpc) is 3.29. The summed E-state index contributed by atoms with van der Waals surface area (Å²) in [5.41, 5.74) is 10.3. The number of carbonyl (C=O) groups excluding carboxylic acids is 2. The molecule has 2 atom stereocenters. The number of nitrogens with zero attached hydrogens (tertiary/aromatic N) is 2. The van der Waals surface area contributed by atoms with Gasteiger partial charge < -0.3 is 24.9 Å². The SMILES string of the molecule is COC(=O)[C@H](Cc1cn(C)c2ccccc12)NC(=O)[C@@H](N)Cc1cn(C)c2ccccc12. The van der Waals surface area contributed by atoms with E-state index in [1.54, 1.807) is 0 Å². The van der Waals surface area contributed by atoms with Gasteiger partial charge in [-0.3, -0.25) is 4.79 Å². The maximum Gasteiger partial charge on any atom is 0.328 e. The molecule has 0 aliphatic carbocycles. The summed E-state index contributed by atoms with van der Waals surface area (Å²) in [6.07, 6.45) is 4.66.